The number of carbonyl (C=O) groups is 1. The molecule has 168 valence electrons. The van der Waals surface area contributed by atoms with Crippen LogP contribution in [0.5, 0.6) is 5.75 Å². The summed E-state index contributed by atoms with van der Waals surface area (Å²) >= 11 is 1.65. The van der Waals surface area contributed by atoms with Crippen LogP contribution < -0.4 is 15.7 Å². The van der Waals surface area contributed by atoms with E-state index in [4.69, 9.17) is 9.15 Å². The lowest BCUT2D eigenvalue weighted by atomic mass is 10.1. The number of fused-ring (bicyclic) bond motifs is 4. The summed E-state index contributed by atoms with van der Waals surface area (Å²) in [6.07, 6.45) is 1.63. The number of ether oxygens (including phenoxy) is 1. The van der Waals surface area contributed by atoms with Crippen LogP contribution in [-0.2, 0) is 4.79 Å². The Morgan fingerprint density at radius 2 is 1.91 bits per heavy atom. The van der Waals surface area contributed by atoms with Gasteiger partial charge in [-0.1, -0.05) is 18.2 Å². The van der Waals surface area contributed by atoms with Gasteiger partial charge >= 0.3 is 5.63 Å². The molecule has 2 aromatic carbocycles. The van der Waals surface area contributed by atoms with Crippen LogP contribution in [-0.4, -0.2) is 42.1 Å². The second-order valence-electron chi connectivity index (χ2n) is 8.93. The minimum absolute atomic E-state index is 0.00558. The molecule has 1 N–H and O–H groups in total. The number of amides is 1. The molecule has 0 radical (unpaired) electrons. The van der Waals surface area contributed by atoms with E-state index in [1.54, 1.807) is 30.4 Å². The third kappa shape index (κ3) is 3.81. The molecule has 33 heavy (non-hydrogen) atoms. The Morgan fingerprint density at radius 1 is 1.12 bits per heavy atom. The summed E-state index contributed by atoms with van der Waals surface area (Å²) in [6.45, 7) is 3.24. The van der Waals surface area contributed by atoms with Crippen LogP contribution in [0.3, 0.4) is 0 Å². The number of rotatable bonds is 4. The number of piperazine rings is 1. The van der Waals surface area contributed by atoms with Crippen LogP contribution in [0.15, 0.2) is 63.8 Å². The molecular formula is C26H24N2O4S. The first-order valence-electron chi connectivity index (χ1n) is 11.3. The van der Waals surface area contributed by atoms with Crippen molar-refractivity contribution < 1.29 is 13.9 Å². The normalized spacial score (nSPS) is 20.9. The summed E-state index contributed by atoms with van der Waals surface area (Å²) in [4.78, 5) is 28.2. The van der Waals surface area contributed by atoms with Gasteiger partial charge in [0.05, 0.1) is 0 Å². The zero-order valence-corrected chi connectivity index (χ0v) is 19.1. The van der Waals surface area contributed by atoms with Gasteiger partial charge in [0.1, 0.15) is 11.3 Å². The summed E-state index contributed by atoms with van der Waals surface area (Å²) in [7, 11) is 0. The van der Waals surface area contributed by atoms with Crippen LogP contribution in [0.2, 0.25) is 0 Å². The highest BCUT2D eigenvalue weighted by atomic mass is 32.1. The van der Waals surface area contributed by atoms with E-state index in [1.165, 1.54) is 4.70 Å². The molecule has 0 saturated carbocycles. The maximum absolute atomic E-state index is 13.0. The molecule has 2 unspecified atom stereocenters. The van der Waals surface area contributed by atoms with Crippen LogP contribution >= 0.6 is 11.3 Å². The smallest absolute Gasteiger partial charge is 0.336 e. The molecule has 6 rings (SSSR count). The maximum Gasteiger partial charge on any atom is 0.336 e. The van der Waals surface area contributed by atoms with E-state index in [9.17, 15) is 9.59 Å². The van der Waals surface area contributed by atoms with E-state index >= 15 is 0 Å². The summed E-state index contributed by atoms with van der Waals surface area (Å²) in [5.74, 6) is 0.507. The number of nitrogens with zero attached hydrogens (tertiary/aromatic N) is 1. The molecule has 4 aromatic rings. The summed E-state index contributed by atoms with van der Waals surface area (Å²) in [5.41, 5.74) is 0.884. The van der Waals surface area contributed by atoms with Crippen LogP contribution in [0.25, 0.3) is 31.5 Å². The monoisotopic (exact) mass is 460 g/mol. The van der Waals surface area contributed by atoms with Crippen LogP contribution in [0.4, 0.5) is 0 Å². The second-order valence-corrected chi connectivity index (χ2v) is 10.0. The fraction of sp³-hybridized carbons (Fsp3) is 0.308. The number of thiophene rings is 1. The fourth-order valence-corrected chi connectivity index (χ4v) is 6.12. The number of hydrogen-bond acceptors (Lipinski definition) is 6. The summed E-state index contributed by atoms with van der Waals surface area (Å²) in [5, 5.41) is 5.53. The number of nitrogens with one attached hydrogen (secondary N) is 1. The minimum Gasteiger partial charge on any atom is -0.481 e. The van der Waals surface area contributed by atoms with Crippen molar-refractivity contribution in [3.05, 3.63) is 65.0 Å². The van der Waals surface area contributed by atoms with Crippen molar-refractivity contribution in [2.24, 2.45) is 0 Å². The van der Waals surface area contributed by atoms with E-state index in [0.717, 1.165) is 47.1 Å². The number of benzene rings is 2. The fourth-order valence-electron chi connectivity index (χ4n) is 5.02. The third-order valence-electron chi connectivity index (χ3n) is 6.60. The highest BCUT2D eigenvalue weighted by Crippen LogP contribution is 2.37. The molecule has 2 aliphatic heterocycles. The molecule has 2 fully saturated rings. The topological polar surface area (TPSA) is 71.8 Å². The average Bonchev–Trinajstić information content (AvgIpc) is 3.40. The van der Waals surface area contributed by atoms with Crippen molar-refractivity contribution in [1.29, 1.82) is 0 Å². The molecule has 4 heterocycles. The minimum atomic E-state index is -0.613. The first-order valence-corrected chi connectivity index (χ1v) is 12.1. The van der Waals surface area contributed by atoms with Gasteiger partial charge in [-0.15, -0.1) is 11.3 Å². The standard InChI is InChI=1S/C26H24N2O4S/c1-15(26(30)28-13-17-6-7-18(14-28)27-17)31-19-8-9-20-21(12-25(29)32-22(20)11-19)24-10-16-4-2-3-5-23(16)33-24/h2-5,8-12,15,17-18,27H,6-7,13-14H2,1H3/t15-,17?,18?/m1/s1. The molecule has 2 aromatic heterocycles. The van der Waals surface area contributed by atoms with Gasteiger partial charge in [0, 0.05) is 57.8 Å². The van der Waals surface area contributed by atoms with Gasteiger partial charge in [-0.05, 0) is 49.4 Å². The molecule has 6 nitrogen and oxygen atoms in total. The van der Waals surface area contributed by atoms with Gasteiger partial charge in [0.25, 0.3) is 5.91 Å². The molecule has 2 aliphatic rings. The number of likely N-dealkylation sites (tertiary alicyclic amines) is 1. The summed E-state index contributed by atoms with van der Waals surface area (Å²) in [6, 6.07) is 18.0. The van der Waals surface area contributed by atoms with E-state index < -0.39 is 11.7 Å². The molecule has 2 saturated heterocycles. The first kappa shape index (κ1) is 20.4. The average molecular weight is 461 g/mol. The van der Waals surface area contributed by atoms with Crippen molar-refractivity contribution in [3.8, 4) is 16.2 Å². The number of carbonyl (C=O) groups excluding carboxylic acids is 1. The van der Waals surface area contributed by atoms with E-state index in [0.29, 0.717) is 23.4 Å². The Bertz CT molecular complexity index is 1380. The predicted octanol–water partition coefficient (Wildman–Crippen LogP) is 4.40. The van der Waals surface area contributed by atoms with Crippen LogP contribution in [0.1, 0.15) is 19.8 Å². The summed E-state index contributed by atoms with van der Waals surface area (Å²) < 4.78 is 12.7. The lowest BCUT2D eigenvalue weighted by Crippen LogP contribution is -2.55. The van der Waals surface area contributed by atoms with Gasteiger partial charge in [0.15, 0.2) is 6.10 Å². The Hall–Kier alpha value is -3.16. The Labute approximate surface area is 194 Å². The Morgan fingerprint density at radius 3 is 2.70 bits per heavy atom. The largest absolute Gasteiger partial charge is 0.481 e. The molecule has 7 heteroatoms. The SMILES string of the molecule is C[C@@H](Oc1ccc2c(-c3cc4ccccc4s3)cc(=O)oc2c1)C(=O)N1CC2CCC(C1)N2. The highest BCUT2D eigenvalue weighted by molar-refractivity contribution is 7.22. The van der Waals surface area contributed by atoms with Crippen molar-refractivity contribution >= 4 is 38.3 Å². The van der Waals surface area contributed by atoms with Crippen molar-refractivity contribution in [3.63, 3.8) is 0 Å². The highest BCUT2D eigenvalue weighted by Gasteiger charge is 2.36. The number of hydrogen-bond donors (Lipinski definition) is 1. The second kappa shape index (κ2) is 8.01. The van der Waals surface area contributed by atoms with Crippen molar-refractivity contribution in [2.75, 3.05) is 13.1 Å². The zero-order chi connectivity index (χ0) is 22.5. The van der Waals surface area contributed by atoms with E-state index in [2.05, 4.69) is 23.5 Å². The Kier molecular flexibility index (Phi) is 4.96. The van der Waals surface area contributed by atoms with Crippen molar-refractivity contribution in [1.82, 2.24) is 10.2 Å². The van der Waals surface area contributed by atoms with Gasteiger partial charge in [-0.3, -0.25) is 4.79 Å². The van der Waals surface area contributed by atoms with Gasteiger partial charge in [-0.2, -0.15) is 0 Å². The van der Waals surface area contributed by atoms with E-state index in [1.807, 2.05) is 29.2 Å². The Balaban J connectivity index is 1.28. The maximum atomic E-state index is 13.0. The van der Waals surface area contributed by atoms with E-state index in [-0.39, 0.29) is 5.91 Å². The lowest BCUT2D eigenvalue weighted by Gasteiger charge is -2.34. The molecule has 3 atom stereocenters. The van der Waals surface area contributed by atoms with Gasteiger partial charge in [0.2, 0.25) is 0 Å². The predicted molar refractivity (Wildman–Crippen MR) is 130 cm³/mol. The molecule has 1 amide bonds. The molecule has 0 spiro atoms. The van der Waals surface area contributed by atoms with Gasteiger partial charge < -0.3 is 19.4 Å². The molecule has 2 bridgehead atoms. The quantitative estimate of drug-likeness (QED) is 0.457. The molecular weight excluding hydrogens is 436 g/mol. The van der Waals surface area contributed by atoms with Crippen molar-refractivity contribution in [2.45, 2.75) is 38.0 Å². The van der Waals surface area contributed by atoms with Crippen LogP contribution in [0, 0.1) is 0 Å². The first-order chi connectivity index (χ1) is 16.0. The zero-order valence-electron chi connectivity index (χ0n) is 18.2. The molecule has 0 aliphatic carbocycles. The lowest BCUT2D eigenvalue weighted by molar-refractivity contribution is -0.139. The van der Waals surface area contributed by atoms with Gasteiger partial charge in [-0.25, -0.2) is 4.79 Å². The third-order valence-corrected chi connectivity index (χ3v) is 7.75.